The highest BCUT2D eigenvalue weighted by molar-refractivity contribution is 5.69. The Labute approximate surface area is 310 Å². The van der Waals surface area contributed by atoms with Crippen LogP contribution < -0.4 is 0 Å². The summed E-state index contributed by atoms with van der Waals surface area (Å²) in [4.78, 5) is 12.7. The molecular formula is C42H76O9. The van der Waals surface area contributed by atoms with Gasteiger partial charge < -0.3 is 39.4 Å². The van der Waals surface area contributed by atoms with Crippen LogP contribution in [0.25, 0.3) is 0 Å². The SMILES string of the molecule is CC/C=C\C/C=C\C/C=C\CCCCCCOCC(COC1OC(CO)C(O)C(O)C1O)OC(=O)CCCCCCCCCCCCCCCC. The van der Waals surface area contributed by atoms with E-state index >= 15 is 0 Å². The molecule has 0 spiro atoms. The molecule has 1 saturated heterocycles. The third kappa shape index (κ3) is 25.9. The normalized spacial score (nSPS) is 21.7. The maximum Gasteiger partial charge on any atom is 0.306 e. The van der Waals surface area contributed by atoms with E-state index in [1.54, 1.807) is 0 Å². The van der Waals surface area contributed by atoms with Crippen molar-refractivity contribution in [2.45, 2.75) is 198 Å². The minimum atomic E-state index is -1.54. The lowest BCUT2D eigenvalue weighted by Crippen LogP contribution is -2.59. The highest BCUT2D eigenvalue weighted by Crippen LogP contribution is 2.22. The summed E-state index contributed by atoms with van der Waals surface area (Å²) in [5.74, 6) is -0.322. The molecule has 9 heteroatoms. The van der Waals surface area contributed by atoms with E-state index in [0.717, 1.165) is 70.6 Å². The largest absolute Gasteiger partial charge is 0.457 e. The van der Waals surface area contributed by atoms with Crippen LogP contribution in [-0.4, -0.2) is 89.6 Å². The lowest BCUT2D eigenvalue weighted by molar-refractivity contribution is -0.305. The van der Waals surface area contributed by atoms with Crippen molar-refractivity contribution in [3.05, 3.63) is 36.5 Å². The Morgan fingerprint density at radius 1 is 0.647 bits per heavy atom. The first-order valence-electron chi connectivity index (χ1n) is 20.6. The number of hydrogen-bond donors (Lipinski definition) is 4. The fraction of sp³-hybridized carbons (Fsp3) is 0.833. The Balaban J connectivity index is 2.32. The molecule has 0 bridgehead atoms. The highest BCUT2D eigenvalue weighted by atomic mass is 16.7. The number of ether oxygens (including phenoxy) is 4. The predicted octanol–water partition coefficient (Wildman–Crippen LogP) is 8.41. The molecule has 1 heterocycles. The van der Waals surface area contributed by atoms with Gasteiger partial charge in [0, 0.05) is 13.0 Å². The van der Waals surface area contributed by atoms with Crippen LogP contribution in [0.4, 0.5) is 0 Å². The second-order valence-electron chi connectivity index (χ2n) is 14.1. The fourth-order valence-electron chi connectivity index (χ4n) is 6.09. The van der Waals surface area contributed by atoms with Crippen LogP contribution >= 0.6 is 0 Å². The van der Waals surface area contributed by atoms with Crippen LogP contribution in [0.15, 0.2) is 36.5 Å². The van der Waals surface area contributed by atoms with E-state index in [2.05, 4.69) is 50.3 Å². The standard InChI is InChI=1S/C42H76O9/c1-3-5-7-9-11-13-15-17-19-21-23-25-27-29-31-38(44)50-36(35-49-42-41(47)40(46)39(45)37(33-43)51-42)34-48-32-30-28-26-24-22-20-18-16-14-12-10-8-6-4-2/h6,8,12,14,18,20,36-37,39-43,45-47H,3-5,7,9-11,13,15-17,19,21-35H2,1-2H3/b8-6-,14-12-,20-18-. The summed E-state index contributed by atoms with van der Waals surface area (Å²) in [6, 6.07) is 0. The molecule has 298 valence electrons. The van der Waals surface area contributed by atoms with Crippen molar-refractivity contribution in [2.24, 2.45) is 0 Å². The Morgan fingerprint density at radius 2 is 1.20 bits per heavy atom. The molecule has 9 nitrogen and oxygen atoms in total. The second kappa shape index (κ2) is 34.2. The average molecular weight is 725 g/mol. The van der Waals surface area contributed by atoms with Crippen molar-refractivity contribution in [3.8, 4) is 0 Å². The van der Waals surface area contributed by atoms with Crippen molar-refractivity contribution in [3.63, 3.8) is 0 Å². The number of rotatable bonds is 34. The lowest BCUT2D eigenvalue weighted by atomic mass is 9.99. The third-order valence-electron chi connectivity index (χ3n) is 9.32. The third-order valence-corrected chi connectivity index (χ3v) is 9.32. The van der Waals surface area contributed by atoms with Crippen LogP contribution in [0.2, 0.25) is 0 Å². The molecule has 6 unspecified atom stereocenters. The molecule has 0 aliphatic carbocycles. The first-order valence-corrected chi connectivity index (χ1v) is 20.6. The molecule has 4 N–H and O–H groups in total. The van der Waals surface area contributed by atoms with Crippen molar-refractivity contribution in [1.29, 1.82) is 0 Å². The number of allylic oxidation sites excluding steroid dienone is 6. The molecule has 0 saturated carbocycles. The van der Waals surface area contributed by atoms with Gasteiger partial charge in [0.2, 0.25) is 0 Å². The summed E-state index contributed by atoms with van der Waals surface area (Å²) in [5.41, 5.74) is 0. The van der Waals surface area contributed by atoms with E-state index < -0.39 is 43.4 Å². The number of aliphatic hydroxyl groups excluding tert-OH is 4. The zero-order chi connectivity index (χ0) is 37.2. The summed E-state index contributed by atoms with van der Waals surface area (Å²) >= 11 is 0. The number of carbonyl (C=O) groups is 1. The van der Waals surface area contributed by atoms with Gasteiger partial charge in [-0.3, -0.25) is 4.79 Å². The van der Waals surface area contributed by atoms with E-state index in [4.69, 9.17) is 18.9 Å². The first kappa shape index (κ1) is 47.4. The first-order chi connectivity index (χ1) is 24.9. The number of esters is 1. The smallest absolute Gasteiger partial charge is 0.306 e. The van der Waals surface area contributed by atoms with Gasteiger partial charge in [-0.25, -0.2) is 0 Å². The molecule has 1 aliphatic heterocycles. The van der Waals surface area contributed by atoms with Gasteiger partial charge in [-0.1, -0.05) is 147 Å². The molecule has 51 heavy (non-hydrogen) atoms. The van der Waals surface area contributed by atoms with Crippen LogP contribution in [0.3, 0.4) is 0 Å². The average Bonchev–Trinajstić information content (AvgIpc) is 3.13. The number of aliphatic hydroxyl groups is 4. The quantitative estimate of drug-likeness (QED) is 0.0293. The summed E-state index contributed by atoms with van der Waals surface area (Å²) in [6.07, 6.45) is 31.7. The molecule has 0 radical (unpaired) electrons. The summed E-state index contributed by atoms with van der Waals surface area (Å²) in [6.45, 7) is 4.39. The van der Waals surface area contributed by atoms with Crippen molar-refractivity contribution in [2.75, 3.05) is 26.4 Å². The monoisotopic (exact) mass is 725 g/mol. The zero-order valence-corrected chi connectivity index (χ0v) is 32.4. The minimum Gasteiger partial charge on any atom is -0.457 e. The van der Waals surface area contributed by atoms with Gasteiger partial charge in [-0.05, 0) is 44.9 Å². The zero-order valence-electron chi connectivity index (χ0n) is 32.4. The fourth-order valence-corrected chi connectivity index (χ4v) is 6.09. The van der Waals surface area contributed by atoms with Crippen molar-refractivity contribution >= 4 is 5.97 Å². The van der Waals surface area contributed by atoms with Gasteiger partial charge in [0.15, 0.2) is 6.29 Å². The van der Waals surface area contributed by atoms with Crippen LogP contribution in [0.1, 0.15) is 162 Å². The molecule has 1 rings (SSSR count). The van der Waals surface area contributed by atoms with Gasteiger partial charge in [0.1, 0.15) is 30.5 Å². The van der Waals surface area contributed by atoms with Gasteiger partial charge in [0.25, 0.3) is 0 Å². The molecule has 0 aromatic heterocycles. The van der Waals surface area contributed by atoms with E-state index in [1.165, 1.54) is 70.6 Å². The summed E-state index contributed by atoms with van der Waals surface area (Å²) < 4.78 is 22.7. The van der Waals surface area contributed by atoms with Crippen molar-refractivity contribution < 1.29 is 44.2 Å². The Bertz CT molecular complexity index is 874. The molecule has 1 fully saturated rings. The van der Waals surface area contributed by atoms with Crippen molar-refractivity contribution in [1.82, 2.24) is 0 Å². The maximum absolute atomic E-state index is 12.7. The van der Waals surface area contributed by atoms with Gasteiger partial charge >= 0.3 is 5.97 Å². The summed E-state index contributed by atoms with van der Waals surface area (Å²) in [7, 11) is 0. The van der Waals surface area contributed by atoms with Gasteiger partial charge in [-0.15, -0.1) is 0 Å². The maximum atomic E-state index is 12.7. The van der Waals surface area contributed by atoms with Crippen LogP contribution in [-0.2, 0) is 23.7 Å². The Kier molecular flexibility index (Phi) is 31.8. The predicted molar refractivity (Wildman–Crippen MR) is 205 cm³/mol. The molecule has 0 aromatic carbocycles. The van der Waals surface area contributed by atoms with Crippen LogP contribution in [0, 0.1) is 0 Å². The highest BCUT2D eigenvalue weighted by Gasteiger charge is 2.44. The minimum absolute atomic E-state index is 0.121. The molecule has 0 amide bonds. The Morgan fingerprint density at radius 3 is 1.80 bits per heavy atom. The topological polar surface area (TPSA) is 135 Å². The molecule has 0 aromatic rings. The van der Waals surface area contributed by atoms with Gasteiger partial charge in [-0.2, -0.15) is 0 Å². The molecular weight excluding hydrogens is 648 g/mol. The van der Waals surface area contributed by atoms with E-state index in [0.29, 0.717) is 13.0 Å². The van der Waals surface area contributed by atoms with Gasteiger partial charge in [0.05, 0.1) is 19.8 Å². The molecule has 1 aliphatic rings. The van der Waals surface area contributed by atoms with Crippen LogP contribution in [0.5, 0.6) is 0 Å². The summed E-state index contributed by atoms with van der Waals surface area (Å²) in [5, 5.41) is 40.0. The molecule has 6 atom stereocenters. The Hall–Kier alpha value is -1.59. The van der Waals surface area contributed by atoms with E-state index in [1.807, 2.05) is 0 Å². The number of unbranched alkanes of at least 4 members (excludes halogenated alkanes) is 17. The second-order valence-corrected chi connectivity index (χ2v) is 14.1. The lowest BCUT2D eigenvalue weighted by Gasteiger charge is -2.39. The van der Waals surface area contributed by atoms with E-state index in [9.17, 15) is 25.2 Å². The number of carbonyl (C=O) groups excluding carboxylic acids is 1. The number of hydrogen-bond acceptors (Lipinski definition) is 9. The van der Waals surface area contributed by atoms with E-state index in [-0.39, 0.29) is 19.2 Å².